The zero-order chi connectivity index (χ0) is 25.3. The van der Waals surface area contributed by atoms with Gasteiger partial charge in [-0.05, 0) is 19.9 Å². The van der Waals surface area contributed by atoms with Gasteiger partial charge in [-0.1, -0.05) is 23.4 Å². The second kappa shape index (κ2) is 9.17. The van der Waals surface area contributed by atoms with E-state index in [-0.39, 0.29) is 35.8 Å². The Morgan fingerprint density at radius 3 is 2.83 bits per heavy atom. The van der Waals surface area contributed by atoms with E-state index in [9.17, 15) is 9.18 Å². The van der Waals surface area contributed by atoms with Crippen molar-refractivity contribution in [2.24, 2.45) is 5.10 Å². The van der Waals surface area contributed by atoms with Crippen LogP contribution >= 0.6 is 0 Å². The topological polar surface area (TPSA) is 153 Å². The average molecular weight is 491 g/mol. The highest BCUT2D eigenvalue weighted by Crippen LogP contribution is 2.33. The second-order valence-electron chi connectivity index (χ2n) is 8.73. The number of aromatic nitrogens is 6. The molecule has 36 heavy (non-hydrogen) atoms. The quantitative estimate of drug-likeness (QED) is 0.398. The average Bonchev–Trinajstić information content (AvgIpc) is 3.64. The third-order valence-electron chi connectivity index (χ3n) is 5.96. The number of benzene rings is 1. The monoisotopic (exact) mass is 490 g/mol. The largest absolute Gasteiger partial charge is 0.382 e. The van der Waals surface area contributed by atoms with Crippen LogP contribution in [-0.4, -0.2) is 46.5 Å². The highest BCUT2D eigenvalue weighted by atomic mass is 19.1. The Labute approximate surface area is 205 Å². The Kier molecular flexibility index (Phi) is 5.88. The molecule has 184 valence electrons. The molecule has 0 radical (unpaired) electrons. The lowest BCUT2D eigenvalue weighted by Crippen LogP contribution is -2.40. The summed E-state index contributed by atoms with van der Waals surface area (Å²) < 4.78 is 20.8. The molecule has 1 atom stereocenters. The molecule has 13 heteroatoms. The summed E-state index contributed by atoms with van der Waals surface area (Å²) in [5, 5.41) is 17.2. The Hall–Kier alpha value is -4.68. The van der Waals surface area contributed by atoms with Crippen LogP contribution in [0.1, 0.15) is 43.4 Å². The van der Waals surface area contributed by atoms with Crippen molar-refractivity contribution in [1.29, 1.82) is 0 Å². The summed E-state index contributed by atoms with van der Waals surface area (Å²) >= 11 is 0. The van der Waals surface area contributed by atoms with E-state index in [1.165, 1.54) is 35.9 Å². The number of hydrogen-bond donors (Lipinski definition) is 2. The van der Waals surface area contributed by atoms with Crippen LogP contribution in [0.4, 0.5) is 15.9 Å². The number of nitrogens with one attached hydrogen (secondary N) is 1. The molecular weight excluding hydrogens is 467 g/mol. The molecule has 0 aliphatic carbocycles. The number of carbonyl (C=O) groups is 1. The first kappa shape index (κ1) is 23.1. The highest BCUT2D eigenvalue weighted by Gasteiger charge is 2.34. The van der Waals surface area contributed by atoms with E-state index in [0.29, 0.717) is 29.2 Å². The smallest absolute Gasteiger partial charge is 0.251 e. The first-order chi connectivity index (χ1) is 17.3. The second-order valence-corrected chi connectivity index (χ2v) is 8.73. The van der Waals surface area contributed by atoms with Crippen molar-refractivity contribution < 1.29 is 13.7 Å². The van der Waals surface area contributed by atoms with Crippen LogP contribution in [0.5, 0.6) is 0 Å². The molecule has 0 bridgehead atoms. The number of amides is 1. The van der Waals surface area contributed by atoms with Crippen molar-refractivity contribution in [3.05, 3.63) is 78.3 Å². The SMILES string of the molecule is CC(C)(C(=O)Nc1cnc(C2=NN(Cc3ccccc3F)C(c3ccon3)C2)nc1N)n1cncn1. The van der Waals surface area contributed by atoms with E-state index in [1.54, 1.807) is 43.1 Å². The van der Waals surface area contributed by atoms with Crippen LogP contribution in [0.25, 0.3) is 0 Å². The molecule has 0 spiro atoms. The Balaban J connectivity index is 1.38. The van der Waals surface area contributed by atoms with E-state index >= 15 is 0 Å². The summed E-state index contributed by atoms with van der Waals surface area (Å²) in [4.78, 5) is 25.5. The third-order valence-corrected chi connectivity index (χ3v) is 5.96. The fraction of sp³-hybridized carbons (Fsp3) is 0.261. The van der Waals surface area contributed by atoms with Gasteiger partial charge in [-0.2, -0.15) is 10.2 Å². The van der Waals surface area contributed by atoms with Crippen LogP contribution in [0.15, 0.2) is 65.1 Å². The lowest BCUT2D eigenvalue weighted by Gasteiger charge is -2.23. The number of rotatable bonds is 7. The van der Waals surface area contributed by atoms with Gasteiger partial charge in [0.25, 0.3) is 5.91 Å². The van der Waals surface area contributed by atoms with Crippen molar-refractivity contribution in [2.75, 3.05) is 11.1 Å². The van der Waals surface area contributed by atoms with E-state index in [4.69, 9.17) is 10.3 Å². The number of nitrogens with zero attached hydrogens (tertiary/aromatic N) is 8. The first-order valence-corrected chi connectivity index (χ1v) is 11.1. The van der Waals surface area contributed by atoms with Crippen molar-refractivity contribution >= 4 is 23.1 Å². The zero-order valence-electron chi connectivity index (χ0n) is 19.5. The van der Waals surface area contributed by atoms with E-state index in [1.807, 2.05) is 0 Å². The minimum absolute atomic E-state index is 0.0796. The summed E-state index contributed by atoms with van der Waals surface area (Å²) in [6.07, 6.45) is 6.12. The van der Waals surface area contributed by atoms with Crippen LogP contribution in [0.3, 0.4) is 0 Å². The minimum atomic E-state index is -1.02. The normalized spacial score (nSPS) is 15.7. The van der Waals surface area contributed by atoms with Crippen LogP contribution in [-0.2, 0) is 16.9 Å². The molecule has 1 aromatic carbocycles. The fourth-order valence-electron chi connectivity index (χ4n) is 3.79. The molecule has 3 aromatic heterocycles. The lowest BCUT2D eigenvalue weighted by molar-refractivity contribution is -0.123. The lowest BCUT2D eigenvalue weighted by atomic mass is 10.1. The predicted octanol–water partition coefficient (Wildman–Crippen LogP) is 2.50. The van der Waals surface area contributed by atoms with Gasteiger partial charge in [-0.3, -0.25) is 9.80 Å². The maximum Gasteiger partial charge on any atom is 0.251 e. The van der Waals surface area contributed by atoms with Crippen molar-refractivity contribution in [3.8, 4) is 0 Å². The van der Waals surface area contributed by atoms with E-state index in [2.05, 4.69) is 35.6 Å². The molecule has 0 fully saturated rings. The molecule has 5 rings (SSSR count). The molecule has 1 aliphatic heterocycles. The standard InChI is InChI=1S/C23H23FN10O2/c1-23(2,34-13-26-12-28-34)22(35)29-18-10-27-21(30-20(18)25)17-9-19(16-7-8-36-32-16)33(31-17)11-14-5-3-4-6-15(14)24/h3-8,10,12-13,19H,9,11H2,1-2H3,(H,29,35)(H2,25,27,30). The Morgan fingerprint density at radius 2 is 2.14 bits per heavy atom. The molecule has 1 amide bonds. The Morgan fingerprint density at radius 1 is 1.31 bits per heavy atom. The fourth-order valence-corrected chi connectivity index (χ4v) is 3.79. The predicted molar refractivity (Wildman–Crippen MR) is 127 cm³/mol. The molecular formula is C23H23FN10O2. The number of hydrazone groups is 1. The van der Waals surface area contributed by atoms with Gasteiger partial charge >= 0.3 is 0 Å². The molecule has 12 nitrogen and oxygen atoms in total. The van der Waals surface area contributed by atoms with Gasteiger partial charge in [-0.25, -0.2) is 24.0 Å². The molecule has 0 saturated heterocycles. The summed E-state index contributed by atoms with van der Waals surface area (Å²) in [7, 11) is 0. The number of halogens is 1. The summed E-state index contributed by atoms with van der Waals surface area (Å²) in [5.41, 5.74) is 7.09. The molecule has 4 aromatic rings. The molecule has 1 aliphatic rings. The number of hydrogen-bond acceptors (Lipinski definition) is 10. The Bertz CT molecular complexity index is 1400. The summed E-state index contributed by atoms with van der Waals surface area (Å²) in [6, 6.07) is 7.95. The van der Waals surface area contributed by atoms with Gasteiger partial charge in [-0.15, -0.1) is 0 Å². The highest BCUT2D eigenvalue weighted by molar-refractivity contribution is 6.00. The van der Waals surface area contributed by atoms with Crippen molar-refractivity contribution in [3.63, 3.8) is 0 Å². The zero-order valence-corrected chi connectivity index (χ0v) is 19.5. The van der Waals surface area contributed by atoms with E-state index in [0.717, 1.165) is 0 Å². The molecule has 3 N–H and O–H groups in total. The third kappa shape index (κ3) is 4.37. The minimum Gasteiger partial charge on any atom is -0.382 e. The number of carbonyl (C=O) groups excluding carboxylic acids is 1. The van der Waals surface area contributed by atoms with Gasteiger partial charge in [0.15, 0.2) is 11.6 Å². The van der Waals surface area contributed by atoms with E-state index < -0.39 is 5.54 Å². The summed E-state index contributed by atoms with van der Waals surface area (Å²) in [5.74, 6) is -0.313. The number of nitrogen functional groups attached to an aromatic ring is 1. The van der Waals surface area contributed by atoms with Gasteiger partial charge in [0.05, 0.1) is 18.8 Å². The number of nitrogens with two attached hydrogens (primary N) is 1. The van der Waals surface area contributed by atoms with Crippen molar-refractivity contribution in [1.82, 2.24) is 34.9 Å². The first-order valence-electron chi connectivity index (χ1n) is 11.1. The van der Waals surface area contributed by atoms with Gasteiger partial charge in [0.2, 0.25) is 0 Å². The number of anilines is 2. The molecule has 0 saturated carbocycles. The van der Waals surface area contributed by atoms with Gasteiger partial charge in [0, 0.05) is 18.1 Å². The molecule has 4 heterocycles. The van der Waals surface area contributed by atoms with Crippen LogP contribution < -0.4 is 11.1 Å². The van der Waals surface area contributed by atoms with Crippen LogP contribution in [0.2, 0.25) is 0 Å². The maximum atomic E-state index is 14.3. The van der Waals surface area contributed by atoms with Gasteiger partial charge < -0.3 is 15.6 Å². The maximum absolute atomic E-state index is 14.3. The van der Waals surface area contributed by atoms with Gasteiger partial charge in [0.1, 0.15) is 47.4 Å². The summed E-state index contributed by atoms with van der Waals surface area (Å²) in [6.45, 7) is 3.61. The molecule has 1 unspecified atom stereocenters. The van der Waals surface area contributed by atoms with Crippen molar-refractivity contribution in [2.45, 2.75) is 38.4 Å². The van der Waals surface area contributed by atoms with Crippen LogP contribution in [0, 0.1) is 5.82 Å².